The summed E-state index contributed by atoms with van der Waals surface area (Å²) in [5.41, 5.74) is 1.41. The fraction of sp³-hybridized carbons (Fsp3) is 0.765. The fourth-order valence-electron chi connectivity index (χ4n) is 3.01. The third-order valence-corrected chi connectivity index (χ3v) is 5.38. The van der Waals surface area contributed by atoms with E-state index < -0.39 is 6.10 Å². The average Bonchev–Trinajstić information content (AvgIpc) is 2.94. The number of aryl methyl sites for hydroxylation is 1. The van der Waals surface area contributed by atoms with Crippen LogP contribution in [0.2, 0.25) is 0 Å². The highest BCUT2D eigenvalue weighted by Gasteiger charge is 2.22. The van der Waals surface area contributed by atoms with Crippen LogP contribution >= 0.6 is 11.3 Å². The molecule has 1 aliphatic rings. The van der Waals surface area contributed by atoms with Crippen molar-refractivity contribution in [2.24, 2.45) is 5.92 Å². The summed E-state index contributed by atoms with van der Waals surface area (Å²) >= 11 is 1.79. The predicted molar refractivity (Wildman–Crippen MR) is 88.8 cm³/mol. The van der Waals surface area contributed by atoms with E-state index in [1.165, 1.54) is 29.7 Å². The quantitative estimate of drug-likeness (QED) is 0.773. The summed E-state index contributed by atoms with van der Waals surface area (Å²) in [5.74, 6) is 0.636. The Morgan fingerprint density at radius 1 is 1.43 bits per heavy atom. The molecule has 0 aromatic carbocycles. The Balaban J connectivity index is 1.62. The van der Waals surface area contributed by atoms with E-state index in [1.54, 1.807) is 11.3 Å². The molecule has 0 aliphatic heterocycles. The third-order valence-electron chi connectivity index (χ3n) is 4.42. The molecule has 120 valence electrons. The standard InChI is InChI=1S/C17H29NO2S/c1-3-14-8-9-21-17(14)11-18-10-15(19)12-20-16-7-5-4-6-13(16)2/h8-9,13,15-16,18-19H,3-7,10-12H2,1-2H3. The first-order chi connectivity index (χ1) is 10.2. The average molecular weight is 311 g/mol. The molecule has 21 heavy (non-hydrogen) atoms. The van der Waals surface area contributed by atoms with Gasteiger partial charge in [0.15, 0.2) is 0 Å². The maximum Gasteiger partial charge on any atom is 0.0897 e. The zero-order valence-corrected chi connectivity index (χ0v) is 14.1. The van der Waals surface area contributed by atoms with Crippen molar-refractivity contribution in [1.29, 1.82) is 0 Å². The molecule has 1 aromatic rings. The van der Waals surface area contributed by atoms with Crippen LogP contribution < -0.4 is 5.32 Å². The number of thiophene rings is 1. The van der Waals surface area contributed by atoms with Gasteiger partial charge < -0.3 is 15.2 Å². The lowest BCUT2D eigenvalue weighted by Crippen LogP contribution is -2.34. The minimum Gasteiger partial charge on any atom is -0.389 e. The highest BCUT2D eigenvalue weighted by molar-refractivity contribution is 7.10. The summed E-state index contributed by atoms with van der Waals surface area (Å²) in [5, 5.41) is 15.5. The molecule has 0 saturated heterocycles. The zero-order valence-electron chi connectivity index (χ0n) is 13.3. The Kier molecular flexibility index (Phi) is 7.17. The van der Waals surface area contributed by atoms with Gasteiger partial charge in [0.1, 0.15) is 0 Å². The molecule has 1 fully saturated rings. The van der Waals surface area contributed by atoms with Crippen LogP contribution in [0.15, 0.2) is 11.4 Å². The molecule has 2 rings (SSSR count). The van der Waals surface area contributed by atoms with Crippen molar-refractivity contribution in [2.45, 2.75) is 64.7 Å². The molecule has 1 aliphatic carbocycles. The number of rotatable bonds is 8. The second kappa shape index (κ2) is 8.89. The van der Waals surface area contributed by atoms with Gasteiger partial charge in [-0.2, -0.15) is 0 Å². The molecule has 3 nitrogen and oxygen atoms in total. The van der Waals surface area contributed by atoms with Gasteiger partial charge in [-0.1, -0.05) is 26.7 Å². The molecule has 1 heterocycles. The lowest BCUT2D eigenvalue weighted by atomic mass is 9.88. The van der Waals surface area contributed by atoms with Gasteiger partial charge >= 0.3 is 0 Å². The molecule has 4 heteroatoms. The van der Waals surface area contributed by atoms with E-state index in [2.05, 4.69) is 30.6 Å². The van der Waals surface area contributed by atoms with Crippen molar-refractivity contribution < 1.29 is 9.84 Å². The van der Waals surface area contributed by atoms with E-state index in [-0.39, 0.29) is 0 Å². The smallest absolute Gasteiger partial charge is 0.0897 e. The topological polar surface area (TPSA) is 41.5 Å². The molecule has 1 aromatic heterocycles. The monoisotopic (exact) mass is 311 g/mol. The number of nitrogens with one attached hydrogen (secondary N) is 1. The van der Waals surface area contributed by atoms with Crippen LogP contribution in [0.5, 0.6) is 0 Å². The van der Waals surface area contributed by atoms with Crippen LogP contribution in [0.4, 0.5) is 0 Å². The van der Waals surface area contributed by atoms with E-state index in [0.29, 0.717) is 25.2 Å². The first-order valence-electron chi connectivity index (χ1n) is 8.26. The van der Waals surface area contributed by atoms with Gasteiger partial charge in [-0.25, -0.2) is 0 Å². The van der Waals surface area contributed by atoms with Crippen molar-refractivity contribution >= 4 is 11.3 Å². The summed E-state index contributed by atoms with van der Waals surface area (Å²) < 4.78 is 5.90. The highest BCUT2D eigenvalue weighted by Crippen LogP contribution is 2.26. The number of hydrogen-bond acceptors (Lipinski definition) is 4. The lowest BCUT2D eigenvalue weighted by Gasteiger charge is -2.29. The molecule has 0 amide bonds. The molecule has 0 spiro atoms. The maximum absolute atomic E-state index is 10.0. The van der Waals surface area contributed by atoms with Crippen molar-refractivity contribution in [1.82, 2.24) is 5.32 Å². The Morgan fingerprint density at radius 3 is 3.00 bits per heavy atom. The Bertz CT molecular complexity index is 407. The summed E-state index contributed by atoms with van der Waals surface area (Å²) in [6.07, 6.45) is 6.01. The van der Waals surface area contributed by atoms with Gasteiger partial charge in [0, 0.05) is 18.0 Å². The van der Waals surface area contributed by atoms with Crippen molar-refractivity contribution in [3.8, 4) is 0 Å². The van der Waals surface area contributed by atoms with Gasteiger partial charge in [0.2, 0.25) is 0 Å². The Labute approximate surface area is 132 Å². The van der Waals surface area contributed by atoms with Gasteiger partial charge in [-0.15, -0.1) is 11.3 Å². The largest absolute Gasteiger partial charge is 0.389 e. The van der Waals surface area contributed by atoms with Crippen molar-refractivity contribution in [3.05, 3.63) is 21.9 Å². The summed E-state index contributed by atoms with van der Waals surface area (Å²) in [6.45, 7) is 6.34. The molecule has 3 unspecified atom stereocenters. The van der Waals surface area contributed by atoms with Crippen LogP contribution in [-0.2, 0) is 17.7 Å². The summed E-state index contributed by atoms with van der Waals surface area (Å²) in [7, 11) is 0. The molecule has 3 atom stereocenters. The van der Waals surface area contributed by atoms with Crippen LogP contribution in [0.3, 0.4) is 0 Å². The van der Waals surface area contributed by atoms with Crippen LogP contribution in [0, 0.1) is 5.92 Å². The Morgan fingerprint density at radius 2 is 2.24 bits per heavy atom. The minimum atomic E-state index is -0.413. The predicted octanol–water partition coefficient (Wildman–Crippen LogP) is 3.36. The van der Waals surface area contributed by atoms with E-state index in [0.717, 1.165) is 19.4 Å². The van der Waals surface area contributed by atoms with Crippen LogP contribution in [0.25, 0.3) is 0 Å². The van der Waals surface area contributed by atoms with Crippen molar-refractivity contribution in [2.75, 3.05) is 13.2 Å². The lowest BCUT2D eigenvalue weighted by molar-refractivity contribution is -0.0451. The summed E-state index contributed by atoms with van der Waals surface area (Å²) in [6, 6.07) is 2.19. The van der Waals surface area contributed by atoms with E-state index in [1.807, 2.05) is 0 Å². The number of hydrogen-bond donors (Lipinski definition) is 2. The molecule has 2 N–H and O–H groups in total. The first-order valence-corrected chi connectivity index (χ1v) is 9.14. The third kappa shape index (κ3) is 5.37. The second-order valence-electron chi connectivity index (χ2n) is 6.14. The van der Waals surface area contributed by atoms with Gasteiger partial charge in [-0.05, 0) is 42.2 Å². The van der Waals surface area contributed by atoms with Crippen LogP contribution in [-0.4, -0.2) is 30.5 Å². The van der Waals surface area contributed by atoms with E-state index in [4.69, 9.17) is 4.74 Å². The maximum atomic E-state index is 10.0. The number of aliphatic hydroxyl groups excluding tert-OH is 1. The number of ether oxygens (including phenoxy) is 1. The van der Waals surface area contributed by atoms with E-state index in [9.17, 15) is 5.11 Å². The fourth-order valence-corrected chi connectivity index (χ4v) is 3.96. The number of aliphatic hydroxyl groups is 1. The van der Waals surface area contributed by atoms with Gasteiger partial charge in [0.05, 0.1) is 18.8 Å². The second-order valence-corrected chi connectivity index (χ2v) is 7.14. The molecule has 1 saturated carbocycles. The van der Waals surface area contributed by atoms with Crippen LogP contribution in [0.1, 0.15) is 50.0 Å². The highest BCUT2D eigenvalue weighted by atomic mass is 32.1. The molecular weight excluding hydrogens is 282 g/mol. The van der Waals surface area contributed by atoms with E-state index >= 15 is 0 Å². The normalized spacial score (nSPS) is 24.1. The van der Waals surface area contributed by atoms with Gasteiger partial charge in [-0.3, -0.25) is 0 Å². The molecule has 0 bridgehead atoms. The Hall–Kier alpha value is -0.420. The minimum absolute atomic E-state index is 0.345. The molecular formula is C17H29NO2S. The summed E-state index contributed by atoms with van der Waals surface area (Å²) in [4.78, 5) is 1.38. The molecule has 0 radical (unpaired) electrons. The van der Waals surface area contributed by atoms with Crippen molar-refractivity contribution in [3.63, 3.8) is 0 Å². The SMILES string of the molecule is CCc1ccsc1CNCC(O)COC1CCCCC1C. The van der Waals surface area contributed by atoms with Gasteiger partial charge in [0.25, 0.3) is 0 Å². The zero-order chi connectivity index (χ0) is 15.1. The first kappa shape index (κ1) is 16.9.